The fourth-order valence-corrected chi connectivity index (χ4v) is 6.97. The van der Waals surface area contributed by atoms with Crippen LogP contribution < -0.4 is 0 Å². The second-order valence-corrected chi connectivity index (χ2v) is 12.3. The van der Waals surface area contributed by atoms with Crippen LogP contribution in [0.2, 0.25) is 0 Å². The predicted molar refractivity (Wildman–Crippen MR) is 199 cm³/mol. The third-order valence-corrected chi connectivity index (χ3v) is 9.45. The highest BCUT2D eigenvalue weighted by atomic mass is 15.0. The summed E-state index contributed by atoms with van der Waals surface area (Å²) in [5, 5.41) is 24.7. The third-order valence-electron chi connectivity index (χ3n) is 9.45. The fraction of sp³-hybridized carbons (Fsp3) is 0. The first-order chi connectivity index (χ1) is 24.2. The highest BCUT2D eigenvalue weighted by molar-refractivity contribution is 6.14. The average molecular weight is 623 g/mol. The van der Waals surface area contributed by atoms with Gasteiger partial charge in [-0.3, -0.25) is 4.40 Å². The van der Waals surface area contributed by atoms with Gasteiger partial charge in [0, 0.05) is 21.9 Å². The van der Waals surface area contributed by atoms with Crippen molar-refractivity contribution in [3.63, 3.8) is 0 Å². The van der Waals surface area contributed by atoms with Gasteiger partial charge >= 0.3 is 0 Å². The van der Waals surface area contributed by atoms with Gasteiger partial charge in [0.2, 0.25) is 0 Å². The minimum absolute atomic E-state index is 0.597. The van der Waals surface area contributed by atoms with Crippen molar-refractivity contribution in [2.24, 2.45) is 0 Å². The van der Waals surface area contributed by atoms with Crippen LogP contribution in [0.15, 0.2) is 158 Å². The number of fused-ring (bicyclic) bond motifs is 7. The molecule has 0 saturated heterocycles. The van der Waals surface area contributed by atoms with Crippen molar-refractivity contribution in [3.8, 4) is 56.9 Å². The largest absolute Gasteiger partial charge is 0.291 e. The fourth-order valence-electron chi connectivity index (χ4n) is 6.97. The van der Waals surface area contributed by atoms with Gasteiger partial charge in [-0.1, -0.05) is 115 Å². The summed E-state index contributed by atoms with van der Waals surface area (Å²) in [7, 11) is 0. The van der Waals surface area contributed by atoms with Crippen LogP contribution in [-0.4, -0.2) is 9.38 Å². The van der Waals surface area contributed by atoms with Gasteiger partial charge in [-0.2, -0.15) is 10.5 Å². The van der Waals surface area contributed by atoms with Crippen LogP contribution in [0.4, 0.5) is 0 Å². The number of hydrogen-bond donors (Lipinski definition) is 0. The maximum atomic E-state index is 9.51. The molecule has 4 heteroatoms. The van der Waals surface area contributed by atoms with Gasteiger partial charge in [0.25, 0.3) is 0 Å². The quantitative estimate of drug-likeness (QED) is 0.183. The van der Waals surface area contributed by atoms with Gasteiger partial charge in [0.1, 0.15) is 5.65 Å². The summed E-state index contributed by atoms with van der Waals surface area (Å²) in [5.74, 6) is 0. The monoisotopic (exact) mass is 622 g/mol. The summed E-state index contributed by atoms with van der Waals surface area (Å²) in [5.41, 5.74) is 11.3. The summed E-state index contributed by atoms with van der Waals surface area (Å²) in [6.45, 7) is 0. The Bertz CT molecular complexity index is 2810. The zero-order chi connectivity index (χ0) is 32.9. The SMILES string of the molecule is N#Cc1ccc(-c2nc3c4cc(-c5ccc(-c6ccc7ccccc7c6)cc5)ccc4c4ccccc4n3c2-c2ccc(C#N)cc2)cc1. The Morgan fingerprint density at radius 1 is 0.429 bits per heavy atom. The van der Waals surface area contributed by atoms with E-state index in [0.29, 0.717) is 11.1 Å². The van der Waals surface area contributed by atoms with Gasteiger partial charge in [-0.15, -0.1) is 0 Å². The smallest absolute Gasteiger partial charge is 0.146 e. The highest BCUT2D eigenvalue weighted by Gasteiger charge is 2.21. The molecule has 0 spiro atoms. The second-order valence-electron chi connectivity index (χ2n) is 12.3. The number of rotatable bonds is 4. The number of nitriles is 2. The predicted octanol–water partition coefficient (Wildman–Crippen LogP) is 11.2. The Kier molecular flexibility index (Phi) is 6.54. The number of nitrogens with zero attached hydrogens (tertiary/aromatic N) is 4. The first kappa shape index (κ1) is 28.2. The Hall–Kier alpha value is -7.01. The average Bonchev–Trinajstić information content (AvgIpc) is 3.59. The van der Waals surface area contributed by atoms with Crippen LogP contribution in [0.5, 0.6) is 0 Å². The van der Waals surface area contributed by atoms with Crippen molar-refractivity contribution in [1.29, 1.82) is 10.5 Å². The molecule has 0 aliphatic heterocycles. The number of imidazole rings is 1. The lowest BCUT2D eigenvalue weighted by Gasteiger charge is -2.13. The molecule has 0 N–H and O–H groups in total. The third kappa shape index (κ3) is 4.71. The van der Waals surface area contributed by atoms with Crippen molar-refractivity contribution < 1.29 is 0 Å². The highest BCUT2D eigenvalue weighted by Crippen LogP contribution is 2.40. The van der Waals surface area contributed by atoms with Gasteiger partial charge in [0.05, 0.1) is 40.2 Å². The van der Waals surface area contributed by atoms with E-state index in [2.05, 4.69) is 126 Å². The Balaban J connectivity index is 1.26. The molecule has 4 nitrogen and oxygen atoms in total. The minimum Gasteiger partial charge on any atom is -0.291 e. The molecule has 0 atom stereocenters. The van der Waals surface area contributed by atoms with Gasteiger partial charge in [0.15, 0.2) is 0 Å². The van der Waals surface area contributed by atoms with Crippen molar-refractivity contribution in [2.45, 2.75) is 0 Å². The molecule has 0 aliphatic rings. The summed E-state index contributed by atoms with van der Waals surface area (Å²) in [4.78, 5) is 5.36. The van der Waals surface area contributed by atoms with Gasteiger partial charge in [-0.25, -0.2) is 4.98 Å². The Morgan fingerprint density at radius 3 is 1.67 bits per heavy atom. The lowest BCUT2D eigenvalue weighted by atomic mass is 9.96. The van der Waals surface area contributed by atoms with Crippen LogP contribution in [0.3, 0.4) is 0 Å². The minimum atomic E-state index is 0.597. The number of hydrogen-bond acceptors (Lipinski definition) is 3. The van der Waals surface area contributed by atoms with E-state index < -0.39 is 0 Å². The van der Waals surface area contributed by atoms with Crippen LogP contribution in [0.25, 0.3) is 82.9 Å². The molecule has 2 heterocycles. The summed E-state index contributed by atoms with van der Waals surface area (Å²) >= 11 is 0. The normalized spacial score (nSPS) is 11.2. The van der Waals surface area contributed by atoms with Crippen molar-refractivity contribution in [1.82, 2.24) is 9.38 Å². The van der Waals surface area contributed by atoms with E-state index in [1.165, 1.54) is 21.9 Å². The van der Waals surface area contributed by atoms with E-state index in [9.17, 15) is 10.5 Å². The molecule has 2 aromatic heterocycles. The van der Waals surface area contributed by atoms with Crippen molar-refractivity contribution in [3.05, 3.63) is 169 Å². The molecule has 0 aliphatic carbocycles. The zero-order valence-corrected chi connectivity index (χ0v) is 26.3. The van der Waals surface area contributed by atoms with E-state index in [-0.39, 0.29) is 0 Å². The number of aromatic nitrogens is 2. The zero-order valence-electron chi connectivity index (χ0n) is 26.3. The van der Waals surface area contributed by atoms with Crippen LogP contribution in [0, 0.1) is 22.7 Å². The molecule has 226 valence electrons. The van der Waals surface area contributed by atoms with Crippen LogP contribution in [0.1, 0.15) is 11.1 Å². The van der Waals surface area contributed by atoms with Crippen molar-refractivity contribution >= 4 is 38.1 Å². The molecule has 9 rings (SSSR count). The van der Waals surface area contributed by atoms with E-state index >= 15 is 0 Å². The molecule has 9 aromatic rings. The second kappa shape index (κ2) is 11.4. The molecule has 0 bridgehead atoms. The van der Waals surface area contributed by atoms with Crippen LogP contribution >= 0.6 is 0 Å². The Labute approximate surface area is 283 Å². The van der Waals surface area contributed by atoms with E-state index in [1.54, 1.807) is 0 Å². The molecule has 0 saturated carbocycles. The van der Waals surface area contributed by atoms with E-state index in [4.69, 9.17) is 4.98 Å². The maximum absolute atomic E-state index is 9.51. The first-order valence-electron chi connectivity index (χ1n) is 16.2. The molecular weight excluding hydrogens is 597 g/mol. The van der Waals surface area contributed by atoms with Crippen molar-refractivity contribution in [2.75, 3.05) is 0 Å². The molecule has 0 fully saturated rings. The summed E-state index contributed by atoms with van der Waals surface area (Å²) in [6, 6.07) is 58.6. The maximum Gasteiger partial charge on any atom is 0.146 e. The molecule has 0 amide bonds. The lowest BCUT2D eigenvalue weighted by molar-refractivity contribution is 1.27. The van der Waals surface area contributed by atoms with E-state index in [0.717, 1.165) is 61.0 Å². The number of benzene rings is 7. The number of pyridine rings is 1. The van der Waals surface area contributed by atoms with Crippen LogP contribution in [-0.2, 0) is 0 Å². The van der Waals surface area contributed by atoms with Gasteiger partial charge < -0.3 is 0 Å². The van der Waals surface area contributed by atoms with Gasteiger partial charge in [-0.05, 0) is 80.9 Å². The summed E-state index contributed by atoms with van der Waals surface area (Å²) in [6.07, 6.45) is 0. The topological polar surface area (TPSA) is 64.9 Å². The molecular formula is C45H26N4. The Morgan fingerprint density at radius 2 is 0.980 bits per heavy atom. The molecule has 49 heavy (non-hydrogen) atoms. The van der Waals surface area contributed by atoms with E-state index in [1.807, 2.05) is 48.5 Å². The molecule has 0 radical (unpaired) electrons. The first-order valence-corrected chi connectivity index (χ1v) is 16.2. The standard InChI is InChI=1S/C45H26N4/c46-27-29-9-13-34(14-10-29)43-44(35-15-11-30(28-47)12-16-35)49-42-8-4-3-7-40(42)39-24-23-38(26-41(39)45(49)48-43)33-19-17-32(18-20-33)37-22-21-31-5-1-2-6-36(31)25-37/h1-26H. The summed E-state index contributed by atoms with van der Waals surface area (Å²) < 4.78 is 2.25. The lowest BCUT2D eigenvalue weighted by Crippen LogP contribution is -1.95. The molecule has 0 unspecified atom stereocenters. The number of para-hydroxylation sites is 1. The molecule has 7 aromatic carbocycles.